The lowest BCUT2D eigenvalue weighted by Gasteiger charge is -2.21. The summed E-state index contributed by atoms with van der Waals surface area (Å²) in [7, 11) is 0. The van der Waals surface area contributed by atoms with Gasteiger partial charge in [-0.2, -0.15) is 0 Å². The van der Waals surface area contributed by atoms with Gasteiger partial charge in [-0.1, -0.05) is 13.3 Å². The Morgan fingerprint density at radius 3 is 2.50 bits per heavy atom. The van der Waals surface area contributed by atoms with Crippen molar-refractivity contribution in [3.8, 4) is 0 Å². The van der Waals surface area contributed by atoms with Crippen molar-refractivity contribution >= 4 is 0 Å². The molecule has 4 heteroatoms. The Bertz CT molecular complexity index is 122. The highest BCUT2D eigenvalue weighted by Crippen LogP contribution is 2.03. The van der Waals surface area contributed by atoms with Crippen molar-refractivity contribution in [1.29, 1.82) is 0 Å². The van der Waals surface area contributed by atoms with Gasteiger partial charge < -0.3 is 20.3 Å². The van der Waals surface area contributed by atoms with E-state index in [0.29, 0.717) is 19.8 Å². The van der Waals surface area contributed by atoms with Gasteiger partial charge in [0.2, 0.25) is 0 Å². The van der Waals surface area contributed by atoms with Crippen LogP contribution in [0.25, 0.3) is 0 Å². The Kier molecular flexibility index (Phi) is 9.29. The minimum Gasteiger partial charge on any atom is -0.394 e. The van der Waals surface area contributed by atoms with Gasteiger partial charge in [-0.3, -0.25) is 0 Å². The Morgan fingerprint density at radius 1 is 1.29 bits per heavy atom. The van der Waals surface area contributed by atoms with Gasteiger partial charge in [0.1, 0.15) is 0 Å². The molecule has 0 radical (unpaired) electrons. The second kappa shape index (κ2) is 9.40. The van der Waals surface area contributed by atoms with E-state index >= 15 is 0 Å². The van der Waals surface area contributed by atoms with E-state index in [-0.39, 0.29) is 18.8 Å². The quantitative estimate of drug-likeness (QED) is 0.539. The molecule has 0 aliphatic rings. The van der Waals surface area contributed by atoms with E-state index in [0.717, 1.165) is 12.8 Å². The fourth-order valence-corrected chi connectivity index (χ4v) is 1.23. The lowest BCUT2D eigenvalue weighted by Crippen LogP contribution is -2.39. The van der Waals surface area contributed by atoms with Crippen molar-refractivity contribution in [3.05, 3.63) is 0 Å². The van der Waals surface area contributed by atoms with E-state index in [1.54, 1.807) is 0 Å². The molecule has 0 saturated heterocycles. The molecule has 0 rings (SSSR count). The van der Waals surface area contributed by atoms with Crippen molar-refractivity contribution in [3.63, 3.8) is 0 Å². The molecule has 14 heavy (non-hydrogen) atoms. The molecule has 0 fully saturated rings. The number of ether oxygens (including phenoxy) is 2. The fraction of sp³-hybridized carbons (Fsp3) is 1.00. The Hall–Kier alpha value is -0.160. The number of hydrogen-bond donors (Lipinski definition) is 2. The Morgan fingerprint density at radius 2 is 2.00 bits per heavy atom. The van der Waals surface area contributed by atoms with Crippen molar-refractivity contribution in [2.45, 2.75) is 38.8 Å². The highest BCUT2D eigenvalue weighted by atomic mass is 16.5. The van der Waals surface area contributed by atoms with Crippen LogP contribution in [0, 0.1) is 0 Å². The van der Waals surface area contributed by atoms with Crippen LogP contribution < -0.4 is 5.73 Å². The van der Waals surface area contributed by atoms with Gasteiger partial charge in [0.05, 0.1) is 25.9 Å². The minimum absolute atomic E-state index is 0.0205. The average molecular weight is 205 g/mol. The van der Waals surface area contributed by atoms with E-state index in [1.165, 1.54) is 0 Å². The maximum absolute atomic E-state index is 9.03. The van der Waals surface area contributed by atoms with Crippen molar-refractivity contribution in [2.24, 2.45) is 5.73 Å². The van der Waals surface area contributed by atoms with Crippen LogP contribution in [-0.4, -0.2) is 43.7 Å². The SMILES string of the molecule is CCCC(N)C(CO)OCCOCC. The minimum atomic E-state index is -0.254. The van der Waals surface area contributed by atoms with Gasteiger partial charge in [-0.25, -0.2) is 0 Å². The number of hydrogen-bond acceptors (Lipinski definition) is 4. The largest absolute Gasteiger partial charge is 0.394 e. The summed E-state index contributed by atoms with van der Waals surface area (Å²) in [5.74, 6) is 0. The van der Waals surface area contributed by atoms with Crippen LogP contribution in [0.1, 0.15) is 26.7 Å². The first kappa shape index (κ1) is 13.8. The van der Waals surface area contributed by atoms with Crippen molar-refractivity contribution in [1.82, 2.24) is 0 Å². The third-order valence-electron chi connectivity index (χ3n) is 2.04. The first-order chi connectivity index (χ1) is 6.76. The molecule has 4 nitrogen and oxygen atoms in total. The van der Waals surface area contributed by atoms with Gasteiger partial charge in [0, 0.05) is 12.6 Å². The predicted octanol–water partition coefficient (Wildman–Crippen LogP) is 0.528. The molecule has 0 bridgehead atoms. The van der Waals surface area contributed by atoms with Gasteiger partial charge in [0.15, 0.2) is 0 Å². The van der Waals surface area contributed by atoms with E-state index in [9.17, 15) is 0 Å². The van der Waals surface area contributed by atoms with Crippen LogP contribution in [0.5, 0.6) is 0 Å². The maximum Gasteiger partial charge on any atom is 0.0957 e. The molecule has 2 atom stereocenters. The molecule has 3 N–H and O–H groups in total. The summed E-state index contributed by atoms with van der Waals surface area (Å²) >= 11 is 0. The standard InChI is InChI=1S/C10H23NO3/c1-3-5-9(11)10(8-12)14-7-6-13-4-2/h9-10,12H,3-8,11H2,1-2H3. The van der Waals surface area contributed by atoms with E-state index in [4.69, 9.17) is 20.3 Å². The normalized spacial score (nSPS) is 15.4. The zero-order valence-electron chi connectivity index (χ0n) is 9.24. The van der Waals surface area contributed by atoms with Crippen molar-refractivity contribution in [2.75, 3.05) is 26.4 Å². The summed E-state index contributed by atoms with van der Waals surface area (Å²) in [5.41, 5.74) is 5.83. The van der Waals surface area contributed by atoms with Gasteiger partial charge in [0.25, 0.3) is 0 Å². The average Bonchev–Trinajstić information content (AvgIpc) is 2.18. The second-order valence-corrected chi connectivity index (χ2v) is 3.24. The van der Waals surface area contributed by atoms with Crippen molar-refractivity contribution < 1.29 is 14.6 Å². The Balaban J connectivity index is 3.56. The summed E-state index contributed by atoms with van der Waals surface area (Å²) in [6.45, 7) is 5.73. The van der Waals surface area contributed by atoms with Crippen LogP contribution in [0.2, 0.25) is 0 Å². The van der Waals surface area contributed by atoms with Crippen LogP contribution in [0.4, 0.5) is 0 Å². The molecule has 0 heterocycles. The van der Waals surface area contributed by atoms with Crippen LogP contribution in [0.15, 0.2) is 0 Å². The number of aliphatic hydroxyl groups is 1. The summed E-state index contributed by atoms with van der Waals surface area (Å²) in [5, 5.41) is 9.03. The molecular weight excluding hydrogens is 182 g/mol. The Labute approximate surface area is 86.4 Å². The number of nitrogens with two attached hydrogens (primary N) is 1. The summed E-state index contributed by atoms with van der Waals surface area (Å²) in [6.07, 6.45) is 1.63. The lowest BCUT2D eigenvalue weighted by atomic mass is 10.1. The van der Waals surface area contributed by atoms with Gasteiger partial charge >= 0.3 is 0 Å². The highest BCUT2D eigenvalue weighted by molar-refractivity contribution is 4.71. The van der Waals surface area contributed by atoms with Gasteiger partial charge in [-0.05, 0) is 13.3 Å². The molecule has 0 aromatic heterocycles. The van der Waals surface area contributed by atoms with E-state index < -0.39 is 0 Å². The maximum atomic E-state index is 9.03. The molecule has 0 aromatic rings. The highest BCUT2D eigenvalue weighted by Gasteiger charge is 2.16. The van der Waals surface area contributed by atoms with Gasteiger partial charge in [-0.15, -0.1) is 0 Å². The lowest BCUT2D eigenvalue weighted by molar-refractivity contribution is -0.0296. The molecule has 0 spiro atoms. The smallest absolute Gasteiger partial charge is 0.0957 e. The topological polar surface area (TPSA) is 64.7 Å². The van der Waals surface area contributed by atoms with Crippen LogP contribution in [-0.2, 0) is 9.47 Å². The first-order valence-electron chi connectivity index (χ1n) is 5.32. The molecule has 86 valence electrons. The zero-order valence-corrected chi connectivity index (χ0v) is 9.24. The third-order valence-corrected chi connectivity index (χ3v) is 2.04. The van der Waals surface area contributed by atoms with E-state index in [1.807, 2.05) is 6.92 Å². The van der Waals surface area contributed by atoms with E-state index in [2.05, 4.69) is 6.92 Å². The molecule has 0 aromatic carbocycles. The van der Waals surface area contributed by atoms with Crippen LogP contribution >= 0.6 is 0 Å². The second-order valence-electron chi connectivity index (χ2n) is 3.24. The number of rotatable bonds is 9. The first-order valence-corrected chi connectivity index (χ1v) is 5.32. The third kappa shape index (κ3) is 6.32. The predicted molar refractivity (Wildman–Crippen MR) is 56.2 cm³/mol. The molecule has 0 amide bonds. The monoisotopic (exact) mass is 205 g/mol. The molecule has 0 aliphatic heterocycles. The molecule has 0 saturated carbocycles. The molecular formula is C10H23NO3. The molecule has 0 aliphatic carbocycles. The van der Waals surface area contributed by atoms with Crippen LogP contribution in [0.3, 0.4) is 0 Å². The summed E-state index contributed by atoms with van der Waals surface area (Å²) in [6, 6.07) is -0.0772. The molecule has 2 unspecified atom stereocenters. The fourth-order valence-electron chi connectivity index (χ4n) is 1.23. The summed E-state index contributed by atoms with van der Waals surface area (Å²) in [4.78, 5) is 0. The summed E-state index contributed by atoms with van der Waals surface area (Å²) < 4.78 is 10.5. The zero-order chi connectivity index (χ0) is 10.8. The number of aliphatic hydroxyl groups excluding tert-OH is 1.